The molecule has 3 aliphatic rings. The van der Waals surface area contributed by atoms with Gasteiger partial charge in [-0.15, -0.1) is 0 Å². The molecule has 7 heteroatoms. The Labute approximate surface area is 169 Å². The van der Waals surface area contributed by atoms with Gasteiger partial charge < -0.3 is 14.2 Å². The molecule has 2 saturated heterocycles. The second kappa shape index (κ2) is 7.72. The van der Waals surface area contributed by atoms with E-state index < -0.39 is 0 Å². The highest BCUT2D eigenvalue weighted by Crippen LogP contribution is 2.36. The molecule has 29 heavy (non-hydrogen) atoms. The fraction of sp³-hybridized carbons (Fsp3) is 0.500. The van der Waals surface area contributed by atoms with Gasteiger partial charge in [0.25, 0.3) is 5.56 Å². The van der Waals surface area contributed by atoms with Crippen molar-refractivity contribution in [1.82, 2.24) is 19.4 Å². The number of fused-ring (bicyclic) bond motifs is 4. The topological polar surface area (TPSA) is 67.7 Å². The molecule has 0 N–H and O–H groups in total. The minimum Gasteiger partial charge on any atom is -0.379 e. The summed E-state index contributed by atoms with van der Waals surface area (Å²) in [4.78, 5) is 34.1. The van der Waals surface area contributed by atoms with Crippen LogP contribution in [0.5, 0.6) is 0 Å². The van der Waals surface area contributed by atoms with Crippen molar-refractivity contribution in [2.45, 2.75) is 18.9 Å². The van der Waals surface area contributed by atoms with Crippen molar-refractivity contribution in [2.75, 3.05) is 45.9 Å². The van der Waals surface area contributed by atoms with Crippen molar-refractivity contribution >= 4 is 5.91 Å². The molecular formula is C22H26N4O3. The Kier molecular flexibility index (Phi) is 4.93. The molecule has 7 nitrogen and oxygen atoms in total. The Morgan fingerprint density at radius 1 is 1.14 bits per heavy atom. The molecule has 2 aromatic rings. The van der Waals surface area contributed by atoms with E-state index in [0.717, 1.165) is 42.9 Å². The number of morpholine rings is 1. The number of carbonyl (C=O) groups excluding carboxylic acids is 1. The van der Waals surface area contributed by atoms with E-state index in [1.807, 2.05) is 21.6 Å². The molecule has 152 valence electrons. The second-order valence-electron chi connectivity index (χ2n) is 8.35. The predicted octanol–water partition coefficient (Wildman–Crippen LogP) is 1.19. The molecule has 0 aliphatic carbocycles. The van der Waals surface area contributed by atoms with Crippen molar-refractivity contribution in [3.05, 3.63) is 52.7 Å². The Hall–Kier alpha value is -2.51. The number of likely N-dealkylation sites (tertiary alicyclic amines) is 1. The van der Waals surface area contributed by atoms with Gasteiger partial charge >= 0.3 is 0 Å². The lowest BCUT2D eigenvalue weighted by Crippen LogP contribution is -2.52. The van der Waals surface area contributed by atoms with Crippen molar-refractivity contribution in [1.29, 1.82) is 0 Å². The highest BCUT2D eigenvalue weighted by Gasteiger charge is 2.37. The van der Waals surface area contributed by atoms with Crippen LogP contribution in [-0.2, 0) is 16.1 Å². The molecule has 0 saturated carbocycles. The van der Waals surface area contributed by atoms with E-state index in [2.05, 4.69) is 16.0 Å². The number of hydrogen-bond donors (Lipinski definition) is 0. The number of aromatic nitrogens is 2. The number of pyridine rings is 2. The van der Waals surface area contributed by atoms with E-state index in [-0.39, 0.29) is 17.4 Å². The summed E-state index contributed by atoms with van der Waals surface area (Å²) in [5.41, 5.74) is 2.95. The molecule has 0 spiro atoms. The molecule has 5 rings (SSSR count). The highest BCUT2D eigenvalue weighted by atomic mass is 16.5. The molecular weight excluding hydrogens is 368 g/mol. The van der Waals surface area contributed by atoms with E-state index in [1.54, 1.807) is 18.5 Å². The first-order chi connectivity index (χ1) is 14.2. The van der Waals surface area contributed by atoms with Crippen LogP contribution in [0.3, 0.4) is 0 Å². The Morgan fingerprint density at radius 2 is 2.00 bits per heavy atom. The SMILES string of the molecule is O=C(CN1CCOCC1)N1C[C@@H]2C[C@H](C1)c1cc(-c3cccnc3)cc(=O)n1C2. The molecule has 3 aliphatic heterocycles. The van der Waals surface area contributed by atoms with Crippen molar-refractivity contribution in [3.8, 4) is 11.1 Å². The fourth-order valence-electron chi connectivity index (χ4n) is 4.91. The van der Waals surface area contributed by atoms with Gasteiger partial charge in [-0.3, -0.25) is 19.5 Å². The molecule has 0 radical (unpaired) electrons. The average molecular weight is 394 g/mol. The van der Waals surface area contributed by atoms with Crippen LogP contribution in [0.25, 0.3) is 11.1 Å². The second-order valence-corrected chi connectivity index (χ2v) is 8.35. The zero-order valence-electron chi connectivity index (χ0n) is 16.5. The fourth-order valence-corrected chi connectivity index (χ4v) is 4.91. The lowest BCUT2D eigenvalue weighted by molar-refractivity contribution is -0.136. The maximum absolute atomic E-state index is 12.9. The van der Waals surface area contributed by atoms with Crippen LogP contribution in [0.2, 0.25) is 0 Å². The summed E-state index contributed by atoms with van der Waals surface area (Å²) in [7, 11) is 0. The standard InChI is InChI=1S/C22H26N4O3/c27-21-10-18(17-2-1-3-23-11-17)9-20-19-8-16(13-26(20)21)12-25(14-19)22(28)15-24-4-6-29-7-5-24/h1-3,9-11,16,19H,4-8,12-15H2/t16-,19+/m0/s1. The van der Waals surface area contributed by atoms with Gasteiger partial charge in [0.2, 0.25) is 5.91 Å². The molecule has 2 aromatic heterocycles. The summed E-state index contributed by atoms with van der Waals surface area (Å²) in [6.07, 6.45) is 4.56. The van der Waals surface area contributed by atoms with Crippen LogP contribution in [0.4, 0.5) is 0 Å². The number of carbonyl (C=O) groups is 1. The monoisotopic (exact) mass is 394 g/mol. The third-order valence-electron chi connectivity index (χ3n) is 6.37. The number of amides is 1. The van der Waals surface area contributed by atoms with Crippen LogP contribution < -0.4 is 5.56 Å². The summed E-state index contributed by atoms with van der Waals surface area (Å²) in [6.45, 7) is 5.63. The van der Waals surface area contributed by atoms with Crippen molar-refractivity contribution in [2.24, 2.45) is 5.92 Å². The zero-order valence-corrected chi connectivity index (χ0v) is 16.5. The molecule has 2 bridgehead atoms. The average Bonchev–Trinajstić information content (AvgIpc) is 2.75. The minimum atomic E-state index is 0.0455. The predicted molar refractivity (Wildman–Crippen MR) is 109 cm³/mol. The molecule has 2 fully saturated rings. The van der Waals surface area contributed by atoms with Gasteiger partial charge in [-0.1, -0.05) is 6.07 Å². The van der Waals surface area contributed by atoms with E-state index in [1.165, 1.54) is 0 Å². The number of piperidine rings is 1. The Balaban J connectivity index is 1.38. The largest absolute Gasteiger partial charge is 0.379 e. The first-order valence-electron chi connectivity index (χ1n) is 10.4. The Morgan fingerprint density at radius 3 is 2.79 bits per heavy atom. The maximum atomic E-state index is 12.9. The number of hydrogen-bond acceptors (Lipinski definition) is 5. The summed E-state index contributed by atoms with van der Waals surface area (Å²) >= 11 is 0. The van der Waals surface area contributed by atoms with Gasteiger partial charge in [0.1, 0.15) is 0 Å². The van der Waals surface area contributed by atoms with Crippen LogP contribution in [0, 0.1) is 5.92 Å². The van der Waals surface area contributed by atoms with Gasteiger partial charge in [0.15, 0.2) is 0 Å². The van der Waals surface area contributed by atoms with Gasteiger partial charge in [0, 0.05) is 68.4 Å². The number of ether oxygens (including phenoxy) is 1. The molecule has 1 amide bonds. The van der Waals surface area contributed by atoms with Crippen molar-refractivity contribution in [3.63, 3.8) is 0 Å². The van der Waals surface area contributed by atoms with Crippen molar-refractivity contribution < 1.29 is 9.53 Å². The van der Waals surface area contributed by atoms with E-state index in [0.29, 0.717) is 38.8 Å². The number of nitrogens with zero attached hydrogens (tertiary/aromatic N) is 4. The summed E-state index contributed by atoms with van der Waals surface area (Å²) in [5, 5.41) is 0. The number of rotatable bonds is 3. The van der Waals surface area contributed by atoms with Crippen LogP contribution in [0.15, 0.2) is 41.5 Å². The van der Waals surface area contributed by atoms with E-state index in [9.17, 15) is 9.59 Å². The van der Waals surface area contributed by atoms with Crippen LogP contribution in [-0.4, -0.2) is 71.2 Å². The van der Waals surface area contributed by atoms with Gasteiger partial charge in [-0.2, -0.15) is 0 Å². The maximum Gasteiger partial charge on any atom is 0.251 e. The quantitative estimate of drug-likeness (QED) is 0.782. The summed E-state index contributed by atoms with van der Waals surface area (Å²) in [6, 6.07) is 7.69. The minimum absolute atomic E-state index is 0.0455. The normalized spacial score (nSPS) is 24.2. The molecule has 0 aromatic carbocycles. The first kappa shape index (κ1) is 18.5. The smallest absolute Gasteiger partial charge is 0.251 e. The first-order valence-corrected chi connectivity index (χ1v) is 10.4. The lowest BCUT2D eigenvalue weighted by Gasteiger charge is -2.43. The van der Waals surface area contributed by atoms with E-state index >= 15 is 0 Å². The van der Waals surface area contributed by atoms with Gasteiger partial charge in [0.05, 0.1) is 19.8 Å². The van der Waals surface area contributed by atoms with E-state index in [4.69, 9.17) is 4.74 Å². The van der Waals surface area contributed by atoms with Gasteiger partial charge in [-0.05, 0) is 30.0 Å². The highest BCUT2D eigenvalue weighted by molar-refractivity contribution is 5.78. The molecule has 2 atom stereocenters. The summed E-state index contributed by atoms with van der Waals surface area (Å²) < 4.78 is 7.30. The summed E-state index contributed by atoms with van der Waals surface area (Å²) in [5.74, 6) is 0.748. The zero-order chi connectivity index (χ0) is 19.8. The third kappa shape index (κ3) is 3.72. The lowest BCUT2D eigenvalue weighted by atomic mass is 9.82. The molecule has 5 heterocycles. The van der Waals surface area contributed by atoms with Crippen LogP contribution in [0.1, 0.15) is 18.0 Å². The molecule has 0 unspecified atom stereocenters. The van der Waals surface area contributed by atoms with Gasteiger partial charge in [-0.25, -0.2) is 0 Å². The van der Waals surface area contributed by atoms with Crippen LogP contribution >= 0.6 is 0 Å². The third-order valence-corrected chi connectivity index (χ3v) is 6.37. The Bertz CT molecular complexity index is 952.